The Hall–Kier alpha value is -0.820. The Kier molecular flexibility index (Phi) is 8.75. The molecule has 0 saturated heterocycles. The molecule has 0 bridgehead atoms. The average Bonchev–Trinajstić information content (AvgIpc) is 2.37. The first-order chi connectivity index (χ1) is 8.98. The Morgan fingerprint density at radius 2 is 2.16 bits per heavy atom. The molecule has 0 aliphatic heterocycles. The second kappa shape index (κ2) is 9.14. The summed E-state index contributed by atoms with van der Waals surface area (Å²) in [6.07, 6.45) is 4.83. The van der Waals surface area contributed by atoms with Gasteiger partial charge in [-0.1, -0.05) is 35.9 Å². The molecular formula is C15H24BrNO2. The molecule has 0 heterocycles. The highest BCUT2D eigenvalue weighted by Crippen LogP contribution is 2.36. The van der Waals surface area contributed by atoms with Gasteiger partial charge in [0, 0.05) is 4.83 Å². The maximum atomic E-state index is 12.2. The quantitative estimate of drug-likeness (QED) is 0.377. The molecule has 0 radical (unpaired) electrons. The standard InChI is InChI=1S/C15H24BrNO2/c1-5-13(6-2)15(11-17,14(18)19-7-3)10-8-9-12(4)16/h5,12H,6-10H2,1-4H3/b13-5+/t12-,15+/m0/s1. The Bertz CT molecular complexity index is 358. The topological polar surface area (TPSA) is 50.1 Å². The molecule has 0 spiro atoms. The third-order valence-electron chi connectivity index (χ3n) is 3.25. The van der Waals surface area contributed by atoms with Gasteiger partial charge in [0.2, 0.25) is 0 Å². The van der Waals surface area contributed by atoms with Crippen LogP contribution in [0.5, 0.6) is 0 Å². The van der Waals surface area contributed by atoms with Crippen LogP contribution in [0.1, 0.15) is 53.4 Å². The predicted octanol–water partition coefficient (Wildman–Crippen LogP) is 4.37. The zero-order chi connectivity index (χ0) is 14.9. The Morgan fingerprint density at radius 3 is 2.53 bits per heavy atom. The van der Waals surface area contributed by atoms with Crippen LogP contribution in [-0.2, 0) is 9.53 Å². The number of esters is 1. The first-order valence-corrected chi connectivity index (χ1v) is 7.78. The summed E-state index contributed by atoms with van der Waals surface area (Å²) < 4.78 is 5.13. The van der Waals surface area contributed by atoms with Gasteiger partial charge < -0.3 is 4.74 Å². The van der Waals surface area contributed by atoms with Gasteiger partial charge in [-0.25, -0.2) is 4.79 Å². The normalized spacial score (nSPS) is 16.3. The molecule has 0 fully saturated rings. The molecule has 0 amide bonds. The van der Waals surface area contributed by atoms with Crippen LogP contribution in [0.25, 0.3) is 0 Å². The first-order valence-electron chi connectivity index (χ1n) is 6.86. The summed E-state index contributed by atoms with van der Waals surface area (Å²) >= 11 is 3.49. The molecular weight excluding hydrogens is 306 g/mol. The summed E-state index contributed by atoms with van der Waals surface area (Å²) in [7, 11) is 0. The van der Waals surface area contributed by atoms with E-state index in [4.69, 9.17) is 4.74 Å². The average molecular weight is 330 g/mol. The van der Waals surface area contributed by atoms with Crippen LogP contribution in [0.2, 0.25) is 0 Å². The number of ether oxygens (including phenoxy) is 1. The fourth-order valence-electron chi connectivity index (χ4n) is 2.22. The molecule has 0 aliphatic rings. The monoisotopic (exact) mass is 329 g/mol. The molecule has 0 unspecified atom stereocenters. The van der Waals surface area contributed by atoms with Crippen molar-refractivity contribution >= 4 is 21.9 Å². The van der Waals surface area contributed by atoms with Gasteiger partial charge in [-0.05, 0) is 45.1 Å². The SMILES string of the molecule is C/C=C(\CC)[C@](C#N)(CCC[C@H](C)Br)C(=O)OCC. The highest BCUT2D eigenvalue weighted by atomic mass is 79.9. The zero-order valence-corrected chi connectivity index (χ0v) is 13.9. The number of hydrogen-bond acceptors (Lipinski definition) is 3. The van der Waals surface area contributed by atoms with Gasteiger partial charge in [0.15, 0.2) is 5.41 Å². The zero-order valence-electron chi connectivity index (χ0n) is 12.3. The molecule has 0 N–H and O–H groups in total. The minimum Gasteiger partial charge on any atom is -0.465 e. The van der Waals surface area contributed by atoms with Gasteiger partial charge >= 0.3 is 5.97 Å². The maximum absolute atomic E-state index is 12.2. The second-order valence-corrected chi connectivity index (χ2v) is 6.14. The van der Waals surface area contributed by atoms with Gasteiger partial charge in [0.1, 0.15) is 0 Å². The van der Waals surface area contributed by atoms with Crippen molar-refractivity contribution in [3.8, 4) is 6.07 Å². The van der Waals surface area contributed by atoms with E-state index in [-0.39, 0.29) is 0 Å². The number of allylic oxidation sites excluding steroid dienone is 1. The van der Waals surface area contributed by atoms with Crippen molar-refractivity contribution in [2.75, 3.05) is 6.61 Å². The van der Waals surface area contributed by atoms with Gasteiger partial charge in [0.25, 0.3) is 0 Å². The summed E-state index contributed by atoms with van der Waals surface area (Å²) in [6, 6.07) is 2.22. The number of carbonyl (C=O) groups is 1. The Labute approximate surface area is 125 Å². The van der Waals surface area contributed by atoms with Gasteiger partial charge in [0.05, 0.1) is 12.7 Å². The van der Waals surface area contributed by atoms with Crippen molar-refractivity contribution in [2.24, 2.45) is 5.41 Å². The number of nitriles is 1. The van der Waals surface area contributed by atoms with E-state index in [1.807, 2.05) is 19.9 Å². The highest BCUT2D eigenvalue weighted by molar-refractivity contribution is 9.09. The summed E-state index contributed by atoms with van der Waals surface area (Å²) in [5, 5.41) is 9.57. The second-order valence-electron chi connectivity index (χ2n) is 4.58. The van der Waals surface area contributed by atoms with E-state index >= 15 is 0 Å². The van der Waals surface area contributed by atoms with E-state index < -0.39 is 11.4 Å². The van der Waals surface area contributed by atoms with Crippen molar-refractivity contribution < 1.29 is 9.53 Å². The van der Waals surface area contributed by atoms with Crippen LogP contribution < -0.4 is 0 Å². The predicted molar refractivity (Wildman–Crippen MR) is 81.0 cm³/mol. The van der Waals surface area contributed by atoms with Gasteiger partial charge in [-0.3, -0.25) is 0 Å². The fraction of sp³-hybridized carbons (Fsp3) is 0.733. The van der Waals surface area contributed by atoms with Gasteiger partial charge in [-0.2, -0.15) is 5.26 Å². The van der Waals surface area contributed by atoms with E-state index in [2.05, 4.69) is 28.9 Å². The lowest BCUT2D eigenvalue weighted by Gasteiger charge is -2.27. The number of nitrogens with zero attached hydrogens (tertiary/aromatic N) is 1. The smallest absolute Gasteiger partial charge is 0.330 e. The van der Waals surface area contributed by atoms with Crippen LogP contribution in [-0.4, -0.2) is 17.4 Å². The van der Waals surface area contributed by atoms with E-state index in [0.717, 1.165) is 18.4 Å². The molecule has 0 aliphatic carbocycles. The minimum atomic E-state index is -1.11. The number of hydrogen-bond donors (Lipinski definition) is 0. The third-order valence-corrected chi connectivity index (χ3v) is 3.70. The molecule has 0 saturated carbocycles. The lowest BCUT2D eigenvalue weighted by molar-refractivity contribution is -0.150. The summed E-state index contributed by atoms with van der Waals surface area (Å²) in [4.78, 5) is 12.6. The number of alkyl halides is 1. The van der Waals surface area contributed by atoms with Crippen molar-refractivity contribution in [3.63, 3.8) is 0 Å². The molecule has 0 rings (SSSR count). The molecule has 0 aromatic rings. The van der Waals surface area contributed by atoms with Crippen LogP contribution in [0.4, 0.5) is 0 Å². The van der Waals surface area contributed by atoms with E-state index in [1.165, 1.54) is 0 Å². The third kappa shape index (κ3) is 4.99. The molecule has 4 heteroatoms. The summed E-state index contributed by atoms with van der Waals surface area (Å²) in [5.41, 5.74) is -0.253. The maximum Gasteiger partial charge on any atom is 0.330 e. The summed E-state index contributed by atoms with van der Waals surface area (Å²) in [5.74, 6) is -0.408. The van der Waals surface area contributed by atoms with E-state index in [0.29, 0.717) is 24.3 Å². The van der Waals surface area contributed by atoms with Gasteiger partial charge in [-0.15, -0.1) is 0 Å². The number of carbonyl (C=O) groups excluding carboxylic acids is 1. The van der Waals surface area contributed by atoms with Crippen LogP contribution >= 0.6 is 15.9 Å². The minimum absolute atomic E-state index is 0.303. The molecule has 19 heavy (non-hydrogen) atoms. The van der Waals surface area contributed by atoms with Crippen molar-refractivity contribution in [1.82, 2.24) is 0 Å². The fourth-order valence-corrected chi connectivity index (χ4v) is 2.55. The van der Waals surface area contributed by atoms with Crippen LogP contribution in [0.3, 0.4) is 0 Å². The van der Waals surface area contributed by atoms with Crippen molar-refractivity contribution in [1.29, 1.82) is 5.26 Å². The molecule has 0 aromatic heterocycles. The largest absolute Gasteiger partial charge is 0.465 e. The van der Waals surface area contributed by atoms with E-state index in [9.17, 15) is 10.1 Å². The molecule has 2 atom stereocenters. The lowest BCUT2D eigenvalue weighted by atomic mass is 9.75. The van der Waals surface area contributed by atoms with Crippen LogP contribution in [0, 0.1) is 16.7 Å². The summed E-state index contributed by atoms with van der Waals surface area (Å²) in [6.45, 7) is 7.97. The molecule has 3 nitrogen and oxygen atoms in total. The lowest BCUT2D eigenvalue weighted by Crippen LogP contribution is -2.34. The van der Waals surface area contributed by atoms with Crippen LogP contribution in [0.15, 0.2) is 11.6 Å². The number of halogens is 1. The molecule has 0 aromatic carbocycles. The van der Waals surface area contributed by atoms with E-state index in [1.54, 1.807) is 6.92 Å². The highest BCUT2D eigenvalue weighted by Gasteiger charge is 2.42. The van der Waals surface area contributed by atoms with Crippen molar-refractivity contribution in [2.45, 2.75) is 58.2 Å². The molecule has 108 valence electrons. The Morgan fingerprint density at radius 1 is 1.53 bits per heavy atom. The first kappa shape index (κ1) is 18.2. The number of rotatable bonds is 8. The van der Waals surface area contributed by atoms with Crippen molar-refractivity contribution in [3.05, 3.63) is 11.6 Å². The Balaban J connectivity index is 5.19.